The van der Waals surface area contributed by atoms with Gasteiger partial charge in [-0.3, -0.25) is 4.79 Å². The monoisotopic (exact) mass is 331 g/mol. The van der Waals surface area contributed by atoms with Crippen LogP contribution in [0, 0.1) is 0 Å². The number of nitrogens with two attached hydrogens (primary N) is 2. The lowest BCUT2D eigenvalue weighted by atomic mass is 10.1. The first-order valence-corrected chi connectivity index (χ1v) is 8.20. The summed E-state index contributed by atoms with van der Waals surface area (Å²) in [6.07, 6.45) is 3.91. The molecule has 0 bridgehead atoms. The van der Waals surface area contributed by atoms with E-state index in [0.29, 0.717) is 30.4 Å². The Labute approximate surface area is 141 Å². The molecule has 2 aromatic heterocycles. The topological polar surface area (TPSA) is 120 Å². The van der Waals surface area contributed by atoms with Crippen molar-refractivity contribution in [3.05, 3.63) is 30.2 Å². The molecule has 0 aliphatic rings. The van der Waals surface area contributed by atoms with E-state index in [1.807, 2.05) is 13.8 Å². The molecule has 0 fully saturated rings. The van der Waals surface area contributed by atoms with Crippen molar-refractivity contribution in [2.24, 2.45) is 11.5 Å². The number of aromatic nitrogens is 2. The number of unbranched alkanes of at least 4 members (excludes halogenated alkanes) is 1. The van der Waals surface area contributed by atoms with Crippen LogP contribution in [0.4, 0.5) is 5.82 Å². The molecule has 0 unspecified atom stereocenters. The van der Waals surface area contributed by atoms with Crippen molar-refractivity contribution >= 4 is 11.7 Å². The third kappa shape index (κ3) is 4.87. The van der Waals surface area contributed by atoms with Gasteiger partial charge in [-0.2, -0.15) is 0 Å². The molecule has 0 spiro atoms. The summed E-state index contributed by atoms with van der Waals surface area (Å²) in [5.74, 6) is 0.877. The smallest absolute Gasteiger partial charge is 0.245 e. The Balaban J connectivity index is 2.03. The molecule has 0 radical (unpaired) electrons. The molecule has 1 atom stereocenters. The van der Waals surface area contributed by atoms with Crippen molar-refractivity contribution in [2.45, 2.75) is 45.1 Å². The van der Waals surface area contributed by atoms with Crippen LogP contribution in [0.15, 0.2) is 28.9 Å². The molecule has 0 aromatic carbocycles. The average molecular weight is 331 g/mol. The van der Waals surface area contributed by atoms with Gasteiger partial charge in [-0.25, -0.2) is 9.97 Å². The Hall–Kier alpha value is -2.25. The zero-order valence-corrected chi connectivity index (χ0v) is 14.2. The summed E-state index contributed by atoms with van der Waals surface area (Å²) in [4.78, 5) is 20.9. The second-order valence-electron chi connectivity index (χ2n) is 6.02. The minimum Gasteiger partial charge on any atom is -0.443 e. The van der Waals surface area contributed by atoms with Crippen LogP contribution < -0.4 is 16.8 Å². The maximum atomic E-state index is 12.1. The molecule has 130 valence electrons. The predicted molar refractivity (Wildman–Crippen MR) is 93.3 cm³/mol. The summed E-state index contributed by atoms with van der Waals surface area (Å²) in [6, 6.07) is 4.71. The predicted octanol–water partition coefficient (Wildman–Crippen LogP) is 2.25. The molecule has 7 heteroatoms. The standard InChI is InChI=1S/C17H25N5O2/c1-11(2)14-10-24-17(21-14)13-7-5-8-15(20-13)22-16(23)12(19)6-3-4-9-18/h5,7-8,10-12H,3-4,6,9,18-19H2,1-2H3,(H,20,22,23)/t12-/m0/s1. The molecule has 0 aliphatic carbocycles. The van der Waals surface area contributed by atoms with E-state index in [0.717, 1.165) is 18.5 Å². The fourth-order valence-electron chi connectivity index (χ4n) is 2.15. The summed E-state index contributed by atoms with van der Waals surface area (Å²) >= 11 is 0. The first-order valence-electron chi connectivity index (χ1n) is 8.20. The number of nitrogens with zero attached hydrogens (tertiary/aromatic N) is 2. The summed E-state index contributed by atoms with van der Waals surface area (Å²) in [6.45, 7) is 4.68. The lowest BCUT2D eigenvalue weighted by Gasteiger charge is -2.11. The fourth-order valence-corrected chi connectivity index (χ4v) is 2.15. The van der Waals surface area contributed by atoms with Gasteiger partial charge in [-0.1, -0.05) is 26.3 Å². The second kappa shape index (κ2) is 8.56. The van der Waals surface area contributed by atoms with Crippen LogP contribution in [0.25, 0.3) is 11.6 Å². The first-order chi connectivity index (χ1) is 11.5. The van der Waals surface area contributed by atoms with E-state index in [9.17, 15) is 4.79 Å². The third-order valence-corrected chi connectivity index (χ3v) is 3.64. The lowest BCUT2D eigenvalue weighted by molar-refractivity contribution is -0.117. The van der Waals surface area contributed by atoms with E-state index in [-0.39, 0.29) is 11.8 Å². The summed E-state index contributed by atoms with van der Waals surface area (Å²) in [5, 5.41) is 2.73. The molecule has 5 N–H and O–H groups in total. The van der Waals surface area contributed by atoms with Crippen molar-refractivity contribution in [3.63, 3.8) is 0 Å². The van der Waals surface area contributed by atoms with Crippen LogP contribution in [0.3, 0.4) is 0 Å². The van der Waals surface area contributed by atoms with Crippen LogP contribution in [-0.4, -0.2) is 28.5 Å². The van der Waals surface area contributed by atoms with Crippen LogP contribution in [-0.2, 0) is 4.79 Å². The fraction of sp³-hybridized carbons (Fsp3) is 0.471. The Bertz CT molecular complexity index is 669. The van der Waals surface area contributed by atoms with E-state index < -0.39 is 6.04 Å². The molecule has 1 amide bonds. The van der Waals surface area contributed by atoms with E-state index in [1.54, 1.807) is 24.5 Å². The van der Waals surface area contributed by atoms with Gasteiger partial charge in [0.15, 0.2) is 0 Å². The molecule has 0 aliphatic heterocycles. The first kappa shape index (κ1) is 18.1. The van der Waals surface area contributed by atoms with Gasteiger partial charge in [0, 0.05) is 0 Å². The number of pyridine rings is 1. The quantitative estimate of drug-likeness (QED) is 0.638. The molecular weight excluding hydrogens is 306 g/mol. The number of carbonyl (C=O) groups excluding carboxylic acids is 1. The average Bonchev–Trinajstić information content (AvgIpc) is 3.05. The Morgan fingerprint density at radius 2 is 2.08 bits per heavy atom. The van der Waals surface area contributed by atoms with Gasteiger partial charge in [0.25, 0.3) is 0 Å². The summed E-state index contributed by atoms with van der Waals surface area (Å²) in [5.41, 5.74) is 12.8. The molecule has 2 rings (SSSR count). The molecule has 7 nitrogen and oxygen atoms in total. The molecule has 0 saturated heterocycles. The number of amides is 1. The van der Waals surface area contributed by atoms with Gasteiger partial charge < -0.3 is 21.2 Å². The summed E-state index contributed by atoms with van der Waals surface area (Å²) < 4.78 is 5.46. The van der Waals surface area contributed by atoms with Crippen molar-refractivity contribution < 1.29 is 9.21 Å². The van der Waals surface area contributed by atoms with E-state index in [1.165, 1.54) is 0 Å². The van der Waals surface area contributed by atoms with Crippen LogP contribution in [0.1, 0.15) is 44.7 Å². The maximum Gasteiger partial charge on any atom is 0.245 e. The molecule has 2 aromatic rings. The molecule has 0 saturated carbocycles. The molecular formula is C17H25N5O2. The van der Waals surface area contributed by atoms with Crippen LogP contribution in [0.2, 0.25) is 0 Å². The number of anilines is 1. The van der Waals surface area contributed by atoms with Gasteiger partial charge in [-0.15, -0.1) is 0 Å². The number of oxazole rings is 1. The van der Waals surface area contributed by atoms with Crippen LogP contribution >= 0.6 is 0 Å². The number of hydrogen-bond acceptors (Lipinski definition) is 6. The van der Waals surface area contributed by atoms with Crippen molar-refractivity contribution in [2.75, 3.05) is 11.9 Å². The van der Waals surface area contributed by atoms with Gasteiger partial charge in [0.1, 0.15) is 17.8 Å². The Morgan fingerprint density at radius 1 is 1.29 bits per heavy atom. The van der Waals surface area contributed by atoms with Crippen LogP contribution in [0.5, 0.6) is 0 Å². The number of nitrogens with one attached hydrogen (secondary N) is 1. The lowest BCUT2D eigenvalue weighted by Crippen LogP contribution is -2.35. The third-order valence-electron chi connectivity index (χ3n) is 3.64. The number of rotatable bonds is 8. The van der Waals surface area contributed by atoms with E-state index in [2.05, 4.69) is 15.3 Å². The SMILES string of the molecule is CC(C)c1coc(-c2cccc(NC(=O)[C@@H](N)CCCCN)n2)n1. The second-order valence-corrected chi connectivity index (χ2v) is 6.02. The van der Waals surface area contributed by atoms with Gasteiger partial charge in [-0.05, 0) is 37.4 Å². The minimum atomic E-state index is -0.573. The Morgan fingerprint density at radius 3 is 2.75 bits per heavy atom. The van der Waals surface area contributed by atoms with Gasteiger partial charge in [0.2, 0.25) is 11.8 Å². The number of carbonyl (C=O) groups is 1. The highest BCUT2D eigenvalue weighted by Crippen LogP contribution is 2.21. The van der Waals surface area contributed by atoms with Gasteiger partial charge >= 0.3 is 0 Å². The van der Waals surface area contributed by atoms with Crippen molar-refractivity contribution in [3.8, 4) is 11.6 Å². The van der Waals surface area contributed by atoms with E-state index >= 15 is 0 Å². The largest absolute Gasteiger partial charge is 0.443 e. The highest BCUT2D eigenvalue weighted by atomic mass is 16.3. The number of hydrogen-bond donors (Lipinski definition) is 3. The summed E-state index contributed by atoms with van der Waals surface area (Å²) in [7, 11) is 0. The highest BCUT2D eigenvalue weighted by Gasteiger charge is 2.15. The highest BCUT2D eigenvalue weighted by molar-refractivity contribution is 5.93. The normalized spacial score (nSPS) is 12.4. The van der Waals surface area contributed by atoms with E-state index in [4.69, 9.17) is 15.9 Å². The van der Waals surface area contributed by atoms with Crippen molar-refractivity contribution in [1.29, 1.82) is 0 Å². The minimum absolute atomic E-state index is 0.257. The maximum absolute atomic E-state index is 12.1. The molecule has 24 heavy (non-hydrogen) atoms. The van der Waals surface area contributed by atoms with Gasteiger partial charge in [0.05, 0.1) is 11.7 Å². The zero-order chi connectivity index (χ0) is 17.5. The molecule has 2 heterocycles. The van der Waals surface area contributed by atoms with Crippen molar-refractivity contribution in [1.82, 2.24) is 9.97 Å². The Kier molecular flexibility index (Phi) is 6.45. The zero-order valence-electron chi connectivity index (χ0n) is 14.2.